The minimum absolute atomic E-state index is 0.123. The molecule has 0 atom stereocenters. The van der Waals surface area contributed by atoms with Crippen LogP contribution in [0.1, 0.15) is 5.56 Å². The lowest BCUT2D eigenvalue weighted by molar-refractivity contribution is -0.121. The molecule has 0 aliphatic heterocycles. The summed E-state index contributed by atoms with van der Waals surface area (Å²) in [5.41, 5.74) is 1.70. The lowest BCUT2D eigenvalue weighted by atomic mass is 10.1. The molecule has 3 aromatic rings. The number of halogens is 1. The topological polar surface area (TPSA) is 73.2 Å². The second kappa shape index (κ2) is 8.51. The number of methoxy groups -OCH3 is 1. The molecule has 0 saturated heterocycles. The SMILES string of the molecule is COc1ccccc1-c1cc(=O)n(CC(=O)NCc2ccccc2Cl)cn1. The molecule has 2 aromatic carbocycles. The maximum atomic E-state index is 12.4. The molecule has 0 aliphatic carbocycles. The van der Waals surface area contributed by atoms with Gasteiger partial charge in [0, 0.05) is 23.2 Å². The van der Waals surface area contributed by atoms with Crippen molar-refractivity contribution in [2.45, 2.75) is 13.1 Å². The molecule has 3 rings (SSSR count). The van der Waals surface area contributed by atoms with Crippen molar-refractivity contribution in [1.29, 1.82) is 0 Å². The maximum Gasteiger partial charge on any atom is 0.254 e. The van der Waals surface area contributed by atoms with Crippen LogP contribution in [0.4, 0.5) is 0 Å². The summed E-state index contributed by atoms with van der Waals surface area (Å²) in [4.78, 5) is 28.8. The van der Waals surface area contributed by atoms with Gasteiger partial charge in [0.15, 0.2) is 0 Å². The molecule has 138 valence electrons. The quantitative estimate of drug-likeness (QED) is 0.710. The van der Waals surface area contributed by atoms with Gasteiger partial charge in [0.25, 0.3) is 5.56 Å². The molecule has 0 radical (unpaired) electrons. The molecule has 0 spiro atoms. The zero-order valence-electron chi connectivity index (χ0n) is 14.7. The smallest absolute Gasteiger partial charge is 0.254 e. The van der Waals surface area contributed by atoms with Gasteiger partial charge in [0.2, 0.25) is 5.91 Å². The Balaban J connectivity index is 1.70. The monoisotopic (exact) mass is 383 g/mol. The highest BCUT2D eigenvalue weighted by Gasteiger charge is 2.10. The van der Waals surface area contributed by atoms with Crippen molar-refractivity contribution in [1.82, 2.24) is 14.9 Å². The minimum atomic E-state index is -0.321. The van der Waals surface area contributed by atoms with Crippen LogP contribution < -0.4 is 15.6 Å². The first-order valence-electron chi connectivity index (χ1n) is 8.28. The molecule has 6 nitrogen and oxygen atoms in total. The summed E-state index contributed by atoms with van der Waals surface area (Å²) in [5, 5.41) is 3.33. The van der Waals surface area contributed by atoms with Gasteiger partial charge in [-0.1, -0.05) is 41.9 Å². The van der Waals surface area contributed by atoms with E-state index in [0.717, 1.165) is 5.56 Å². The highest BCUT2D eigenvalue weighted by molar-refractivity contribution is 6.31. The van der Waals surface area contributed by atoms with Crippen LogP contribution in [0.3, 0.4) is 0 Å². The van der Waals surface area contributed by atoms with Crippen LogP contribution in [0, 0.1) is 0 Å². The number of amides is 1. The first-order chi connectivity index (χ1) is 13.1. The largest absolute Gasteiger partial charge is 0.496 e. The summed E-state index contributed by atoms with van der Waals surface area (Å²) in [6.07, 6.45) is 1.36. The Hall–Kier alpha value is -3.12. The van der Waals surface area contributed by atoms with E-state index in [0.29, 0.717) is 28.6 Å². The zero-order chi connectivity index (χ0) is 19.2. The molecule has 1 amide bonds. The molecular formula is C20H18ClN3O3. The standard InChI is InChI=1S/C20H18ClN3O3/c1-27-18-9-5-3-7-15(18)17-10-20(26)24(13-23-17)12-19(25)22-11-14-6-2-4-8-16(14)21/h2-10,13H,11-12H2,1H3,(H,22,25). The van der Waals surface area contributed by atoms with Gasteiger partial charge < -0.3 is 10.1 Å². The molecule has 0 aliphatic rings. The third-order valence-electron chi connectivity index (χ3n) is 4.01. The molecule has 1 heterocycles. The van der Waals surface area contributed by atoms with Crippen molar-refractivity contribution < 1.29 is 9.53 Å². The number of ether oxygens (including phenoxy) is 1. The van der Waals surface area contributed by atoms with E-state index in [4.69, 9.17) is 16.3 Å². The van der Waals surface area contributed by atoms with E-state index in [1.807, 2.05) is 36.4 Å². The number of aromatic nitrogens is 2. The van der Waals surface area contributed by atoms with E-state index >= 15 is 0 Å². The fourth-order valence-electron chi connectivity index (χ4n) is 2.59. The Bertz CT molecular complexity index is 1020. The Morgan fingerprint density at radius 3 is 2.67 bits per heavy atom. The number of para-hydroxylation sites is 1. The van der Waals surface area contributed by atoms with Crippen LogP contribution in [0.15, 0.2) is 65.7 Å². The van der Waals surface area contributed by atoms with Crippen molar-refractivity contribution in [3.8, 4) is 17.0 Å². The number of hydrogen-bond donors (Lipinski definition) is 1. The number of benzene rings is 2. The van der Waals surface area contributed by atoms with Gasteiger partial charge in [0.1, 0.15) is 12.3 Å². The molecule has 1 aromatic heterocycles. The van der Waals surface area contributed by atoms with Gasteiger partial charge in [0.05, 0.1) is 19.1 Å². The van der Waals surface area contributed by atoms with E-state index in [1.54, 1.807) is 19.2 Å². The molecular weight excluding hydrogens is 366 g/mol. The van der Waals surface area contributed by atoms with Gasteiger partial charge in [-0.05, 0) is 23.8 Å². The average molecular weight is 384 g/mol. The third kappa shape index (κ3) is 4.54. The van der Waals surface area contributed by atoms with Gasteiger partial charge >= 0.3 is 0 Å². The number of carbonyl (C=O) groups excluding carboxylic acids is 1. The van der Waals surface area contributed by atoms with Crippen LogP contribution >= 0.6 is 11.6 Å². The Labute approximate surface area is 161 Å². The van der Waals surface area contributed by atoms with Gasteiger partial charge in [-0.25, -0.2) is 4.98 Å². The van der Waals surface area contributed by atoms with Crippen LogP contribution in [0.2, 0.25) is 5.02 Å². The number of hydrogen-bond acceptors (Lipinski definition) is 4. The molecule has 27 heavy (non-hydrogen) atoms. The summed E-state index contributed by atoms with van der Waals surface area (Å²) in [5.74, 6) is 0.323. The second-order valence-corrected chi connectivity index (χ2v) is 6.22. The fraction of sp³-hybridized carbons (Fsp3) is 0.150. The Kier molecular flexibility index (Phi) is 5.88. The Morgan fingerprint density at radius 2 is 1.93 bits per heavy atom. The number of carbonyl (C=O) groups is 1. The van der Waals surface area contributed by atoms with E-state index in [-0.39, 0.29) is 18.0 Å². The lowest BCUT2D eigenvalue weighted by Crippen LogP contribution is -2.32. The highest BCUT2D eigenvalue weighted by Crippen LogP contribution is 2.26. The van der Waals surface area contributed by atoms with Crippen LogP contribution in [0.5, 0.6) is 5.75 Å². The van der Waals surface area contributed by atoms with Crippen molar-refractivity contribution in [3.63, 3.8) is 0 Å². The van der Waals surface area contributed by atoms with Gasteiger partial charge in [-0.3, -0.25) is 14.2 Å². The third-order valence-corrected chi connectivity index (χ3v) is 4.38. The minimum Gasteiger partial charge on any atom is -0.496 e. The zero-order valence-corrected chi connectivity index (χ0v) is 15.4. The average Bonchev–Trinajstić information content (AvgIpc) is 2.69. The molecule has 0 bridgehead atoms. The van der Waals surface area contributed by atoms with E-state index < -0.39 is 0 Å². The fourth-order valence-corrected chi connectivity index (χ4v) is 2.80. The number of nitrogens with one attached hydrogen (secondary N) is 1. The van der Waals surface area contributed by atoms with E-state index in [1.165, 1.54) is 17.0 Å². The number of rotatable bonds is 6. The molecule has 0 unspecified atom stereocenters. The van der Waals surface area contributed by atoms with Gasteiger partial charge in [-0.2, -0.15) is 0 Å². The lowest BCUT2D eigenvalue weighted by Gasteiger charge is -2.10. The first kappa shape index (κ1) is 18.7. The molecule has 1 N–H and O–H groups in total. The van der Waals surface area contributed by atoms with Crippen molar-refractivity contribution in [2.75, 3.05) is 7.11 Å². The van der Waals surface area contributed by atoms with Gasteiger partial charge in [-0.15, -0.1) is 0 Å². The Morgan fingerprint density at radius 1 is 1.19 bits per heavy atom. The predicted octanol–water partition coefficient (Wildman–Crippen LogP) is 2.89. The molecule has 0 saturated carbocycles. The second-order valence-electron chi connectivity index (χ2n) is 5.81. The predicted molar refractivity (Wildman–Crippen MR) is 104 cm³/mol. The van der Waals surface area contributed by atoms with Crippen LogP contribution in [-0.2, 0) is 17.9 Å². The van der Waals surface area contributed by atoms with Crippen LogP contribution in [-0.4, -0.2) is 22.6 Å². The molecule has 0 fully saturated rings. The van der Waals surface area contributed by atoms with Crippen molar-refractivity contribution in [3.05, 3.63) is 81.9 Å². The van der Waals surface area contributed by atoms with E-state index in [9.17, 15) is 9.59 Å². The normalized spacial score (nSPS) is 10.4. The molecule has 7 heteroatoms. The summed E-state index contributed by atoms with van der Waals surface area (Å²) >= 11 is 6.07. The number of nitrogens with zero attached hydrogens (tertiary/aromatic N) is 2. The van der Waals surface area contributed by atoms with E-state index in [2.05, 4.69) is 10.3 Å². The first-order valence-corrected chi connectivity index (χ1v) is 8.66. The highest BCUT2D eigenvalue weighted by atomic mass is 35.5. The summed E-state index contributed by atoms with van der Waals surface area (Å²) < 4.78 is 6.55. The van der Waals surface area contributed by atoms with Crippen molar-refractivity contribution in [2.24, 2.45) is 0 Å². The van der Waals surface area contributed by atoms with Crippen molar-refractivity contribution >= 4 is 17.5 Å². The maximum absolute atomic E-state index is 12.4. The summed E-state index contributed by atoms with van der Waals surface area (Å²) in [6, 6.07) is 15.9. The summed E-state index contributed by atoms with van der Waals surface area (Å²) in [6.45, 7) is 0.169. The van der Waals surface area contributed by atoms with Crippen LogP contribution in [0.25, 0.3) is 11.3 Å². The summed E-state index contributed by atoms with van der Waals surface area (Å²) in [7, 11) is 1.56.